The van der Waals surface area contributed by atoms with Crippen molar-refractivity contribution in [3.8, 4) is 0 Å². The van der Waals surface area contributed by atoms with Crippen LogP contribution in [0.4, 0.5) is 4.39 Å². The van der Waals surface area contributed by atoms with Gasteiger partial charge in [0.2, 0.25) is 5.91 Å². The van der Waals surface area contributed by atoms with Crippen molar-refractivity contribution in [3.05, 3.63) is 35.6 Å². The van der Waals surface area contributed by atoms with Gasteiger partial charge in [-0.15, -0.1) is 0 Å². The molecule has 1 aromatic rings. The fourth-order valence-corrected chi connectivity index (χ4v) is 3.43. The maximum absolute atomic E-state index is 13.1. The SMILES string of the molecule is COC(=O)CCN(CC1CCCO1)C(=O)C1CC1c1ccc(F)cc1. The Labute approximate surface area is 147 Å². The Morgan fingerprint density at radius 1 is 1.32 bits per heavy atom. The first kappa shape index (κ1) is 17.9. The first-order valence-corrected chi connectivity index (χ1v) is 8.81. The fraction of sp³-hybridized carbons (Fsp3) is 0.579. The van der Waals surface area contributed by atoms with E-state index in [0.29, 0.717) is 13.1 Å². The van der Waals surface area contributed by atoms with E-state index >= 15 is 0 Å². The summed E-state index contributed by atoms with van der Waals surface area (Å²) in [4.78, 5) is 26.1. The zero-order valence-electron chi connectivity index (χ0n) is 14.4. The Balaban J connectivity index is 1.61. The molecular formula is C19H24FNO4. The quantitative estimate of drug-likeness (QED) is 0.710. The first-order valence-electron chi connectivity index (χ1n) is 8.81. The van der Waals surface area contributed by atoms with Gasteiger partial charge in [0.1, 0.15) is 5.82 Å². The highest BCUT2D eigenvalue weighted by molar-refractivity contribution is 5.83. The predicted molar refractivity (Wildman–Crippen MR) is 89.4 cm³/mol. The number of carbonyl (C=O) groups excluding carboxylic acids is 2. The molecule has 3 atom stereocenters. The molecule has 0 radical (unpaired) electrons. The Kier molecular flexibility index (Phi) is 5.68. The Morgan fingerprint density at radius 2 is 2.08 bits per heavy atom. The largest absolute Gasteiger partial charge is 0.469 e. The molecule has 0 aromatic heterocycles. The monoisotopic (exact) mass is 349 g/mol. The molecule has 1 aliphatic carbocycles. The molecule has 3 rings (SSSR count). The van der Waals surface area contributed by atoms with Crippen LogP contribution in [0.5, 0.6) is 0 Å². The Bertz CT molecular complexity index is 612. The van der Waals surface area contributed by atoms with Crippen molar-refractivity contribution in [1.82, 2.24) is 4.90 Å². The molecule has 2 aliphatic rings. The third-order valence-corrected chi connectivity index (χ3v) is 4.98. The van der Waals surface area contributed by atoms with Crippen LogP contribution in [0.2, 0.25) is 0 Å². The van der Waals surface area contributed by atoms with Crippen molar-refractivity contribution in [1.29, 1.82) is 0 Å². The summed E-state index contributed by atoms with van der Waals surface area (Å²) in [5, 5.41) is 0. The molecule has 2 fully saturated rings. The van der Waals surface area contributed by atoms with Gasteiger partial charge in [0, 0.05) is 25.6 Å². The van der Waals surface area contributed by atoms with Gasteiger partial charge < -0.3 is 14.4 Å². The Morgan fingerprint density at radius 3 is 2.72 bits per heavy atom. The van der Waals surface area contributed by atoms with Crippen LogP contribution in [0.15, 0.2) is 24.3 Å². The van der Waals surface area contributed by atoms with E-state index in [4.69, 9.17) is 4.74 Å². The number of methoxy groups -OCH3 is 1. The van der Waals surface area contributed by atoms with Crippen molar-refractivity contribution < 1.29 is 23.5 Å². The highest BCUT2D eigenvalue weighted by atomic mass is 19.1. The van der Waals surface area contributed by atoms with E-state index in [0.717, 1.165) is 31.4 Å². The molecule has 5 nitrogen and oxygen atoms in total. The van der Waals surface area contributed by atoms with E-state index in [1.807, 2.05) is 0 Å². The number of ether oxygens (including phenoxy) is 2. The standard InChI is InChI=1S/C19H24FNO4/c1-24-18(22)8-9-21(12-15-3-2-10-25-15)19(23)17-11-16(17)13-4-6-14(20)7-5-13/h4-7,15-17H,2-3,8-12H2,1H3. The zero-order chi connectivity index (χ0) is 17.8. The number of hydrogen-bond acceptors (Lipinski definition) is 4. The van der Waals surface area contributed by atoms with E-state index in [2.05, 4.69) is 4.74 Å². The van der Waals surface area contributed by atoms with Gasteiger partial charge in [-0.1, -0.05) is 12.1 Å². The van der Waals surface area contributed by atoms with Gasteiger partial charge in [0.25, 0.3) is 0 Å². The van der Waals surface area contributed by atoms with Crippen LogP contribution in [0.3, 0.4) is 0 Å². The van der Waals surface area contributed by atoms with Gasteiger partial charge in [0.15, 0.2) is 0 Å². The van der Waals surface area contributed by atoms with Crippen LogP contribution in [-0.4, -0.2) is 49.7 Å². The lowest BCUT2D eigenvalue weighted by atomic mass is 10.1. The number of esters is 1. The fourth-order valence-electron chi connectivity index (χ4n) is 3.43. The van der Waals surface area contributed by atoms with Crippen LogP contribution in [0.25, 0.3) is 0 Å². The summed E-state index contributed by atoms with van der Waals surface area (Å²) >= 11 is 0. The molecule has 1 saturated carbocycles. The van der Waals surface area contributed by atoms with Gasteiger partial charge in [-0.2, -0.15) is 0 Å². The van der Waals surface area contributed by atoms with E-state index in [9.17, 15) is 14.0 Å². The van der Waals surface area contributed by atoms with Crippen LogP contribution < -0.4 is 0 Å². The topological polar surface area (TPSA) is 55.8 Å². The zero-order valence-corrected chi connectivity index (χ0v) is 14.4. The van der Waals surface area contributed by atoms with Crippen LogP contribution in [0.1, 0.15) is 37.2 Å². The van der Waals surface area contributed by atoms with Crippen molar-refractivity contribution in [2.75, 3.05) is 26.8 Å². The van der Waals surface area contributed by atoms with E-state index in [-0.39, 0.29) is 42.1 Å². The molecule has 0 spiro atoms. The second-order valence-electron chi connectivity index (χ2n) is 6.75. The molecule has 1 amide bonds. The molecular weight excluding hydrogens is 325 g/mol. The molecule has 1 aliphatic heterocycles. The normalized spacial score (nSPS) is 24.8. The van der Waals surface area contributed by atoms with Crippen molar-refractivity contribution in [2.24, 2.45) is 5.92 Å². The summed E-state index contributed by atoms with van der Waals surface area (Å²) < 4.78 is 23.4. The van der Waals surface area contributed by atoms with Gasteiger partial charge in [-0.3, -0.25) is 9.59 Å². The molecule has 136 valence electrons. The summed E-state index contributed by atoms with van der Waals surface area (Å²) in [7, 11) is 1.35. The van der Waals surface area contributed by atoms with E-state index in [1.165, 1.54) is 19.2 Å². The summed E-state index contributed by atoms with van der Waals surface area (Å²) in [6, 6.07) is 6.34. The number of carbonyl (C=O) groups is 2. The molecule has 1 heterocycles. The number of nitrogens with zero attached hydrogens (tertiary/aromatic N) is 1. The average molecular weight is 349 g/mol. The van der Waals surface area contributed by atoms with Gasteiger partial charge in [-0.25, -0.2) is 4.39 Å². The number of benzene rings is 1. The maximum atomic E-state index is 13.1. The smallest absolute Gasteiger partial charge is 0.307 e. The average Bonchev–Trinajstić information content (AvgIpc) is 3.25. The lowest BCUT2D eigenvalue weighted by Gasteiger charge is -2.25. The summed E-state index contributed by atoms with van der Waals surface area (Å²) in [6.45, 7) is 1.59. The highest BCUT2D eigenvalue weighted by Gasteiger charge is 2.46. The second kappa shape index (κ2) is 7.95. The van der Waals surface area contributed by atoms with Gasteiger partial charge in [-0.05, 0) is 42.9 Å². The minimum Gasteiger partial charge on any atom is -0.469 e. The summed E-state index contributed by atoms with van der Waals surface area (Å²) in [5.41, 5.74) is 0.991. The molecule has 3 unspecified atom stereocenters. The number of rotatable bonds is 7. The number of halogens is 1. The van der Waals surface area contributed by atoms with Crippen molar-refractivity contribution in [2.45, 2.75) is 37.7 Å². The minimum atomic E-state index is -0.323. The minimum absolute atomic E-state index is 0.0459. The predicted octanol–water partition coefficient (Wildman–Crippen LogP) is 2.50. The molecule has 0 N–H and O–H groups in total. The number of amides is 1. The van der Waals surface area contributed by atoms with Crippen LogP contribution in [-0.2, 0) is 19.1 Å². The number of hydrogen-bond donors (Lipinski definition) is 0. The van der Waals surface area contributed by atoms with Crippen molar-refractivity contribution >= 4 is 11.9 Å². The second-order valence-corrected chi connectivity index (χ2v) is 6.75. The highest BCUT2D eigenvalue weighted by Crippen LogP contribution is 2.48. The lowest BCUT2D eigenvalue weighted by Crippen LogP contribution is -2.40. The summed E-state index contributed by atoms with van der Waals surface area (Å²) in [5.74, 6) is -0.502. The third-order valence-electron chi connectivity index (χ3n) is 4.98. The summed E-state index contributed by atoms with van der Waals surface area (Å²) in [6.07, 6.45) is 2.94. The molecule has 1 saturated heterocycles. The van der Waals surface area contributed by atoms with Crippen LogP contribution >= 0.6 is 0 Å². The van der Waals surface area contributed by atoms with E-state index < -0.39 is 0 Å². The molecule has 6 heteroatoms. The van der Waals surface area contributed by atoms with Crippen molar-refractivity contribution in [3.63, 3.8) is 0 Å². The third kappa shape index (κ3) is 4.57. The van der Waals surface area contributed by atoms with Gasteiger partial charge >= 0.3 is 5.97 Å². The van der Waals surface area contributed by atoms with E-state index in [1.54, 1.807) is 17.0 Å². The first-order chi connectivity index (χ1) is 12.1. The molecule has 25 heavy (non-hydrogen) atoms. The Hall–Kier alpha value is -1.95. The van der Waals surface area contributed by atoms with Crippen LogP contribution in [0, 0.1) is 11.7 Å². The maximum Gasteiger partial charge on any atom is 0.307 e. The van der Waals surface area contributed by atoms with Gasteiger partial charge in [0.05, 0.1) is 19.6 Å². The molecule has 0 bridgehead atoms. The lowest BCUT2D eigenvalue weighted by molar-refractivity contribution is -0.142. The molecule has 1 aromatic carbocycles.